The van der Waals surface area contributed by atoms with E-state index >= 15 is 0 Å². The third-order valence-corrected chi connectivity index (χ3v) is 7.88. The van der Waals surface area contributed by atoms with Gasteiger partial charge in [-0.2, -0.15) is 0 Å². The van der Waals surface area contributed by atoms with E-state index in [-0.39, 0.29) is 26.8 Å². The Morgan fingerprint density at radius 3 is 1.98 bits per heavy atom. The van der Waals surface area contributed by atoms with E-state index in [1.165, 1.54) is 11.1 Å². The van der Waals surface area contributed by atoms with Crippen molar-refractivity contribution in [1.82, 2.24) is 9.97 Å². The van der Waals surface area contributed by atoms with E-state index in [1.807, 2.05) is 103 Å². The summed E-state index contributed by atoms with van der Waals surface area (Å²) in [6, 6.07) is 44.2. The Bertz CT molecular complexity index is 1860. The number of para-hydroxylation sites is 1. The molecule has 0 saturated carbocycles. The van der Waals surface area contributed by atoms with Gasteiger partial charge < -0.3 is 10.0 Å². The Morgan fingerprint density at radius 2 is 1.29 bits per heavy atom. The van der Waals surface area contributed by atoms with Crippen LogP contribution in [-0.2, 0) is 21.1 Å². The number of pyridine rings is 2. The molecular formula is C40H36N3OPt-. The van der Waals surface area contributed by atoms with Gasteiger partial charge in [0.15, 0.2) is 0 Å². The number of aromatic nitrogens is 2. The van der Waals surface area contributed by atoms with Gasteiger partial charge >= 0.3 is 0 Å². The first-order chi connectivity index (χ1) is 21.4. The number of phenolic OH excluding ortho intramolecular Hbond substituents is 1. The number of nitrogens with zero attached hydrogens (tertiary/aromatic N) is 3. The molecule has 0 unspecified atom stereocenters. The van der Waals surface area contributed by atoms with Crippen LogP contribution in [0.5, 0.6) is 5.75 Å². The predicted molar refractivity (Wildman–Crippen MR) is 182 cm³/mol. The van der Waals surface area contributed by atoms with E-state index < -0.39 is 0 Å². The molecule has 0 fully saturated rings. The van der Waals surface area contributed by atoms with Gasteiger partial charge in [0.1, 0.15) is 5.82 Å². The Morgan fingerprint density at radius 1 is 0.644 bits per heavy atom. The molecule has 4 aromatic carbocycles. The summed E-state index contributed by atoms with van der Waals surface area (Å²) in [5, 5.41) is 11.5. The first-order valence-electron chi connectivity index (χ1n) is 15.1. The maximum atomic E-state index is 11.5. The molecule has 0 spiro atoms. The number of benzene rings is 4. The van der Waals surface area contributed by atoms with Crippen molar-refractivity contribution in [3.63, 3.8) is 0 Å². The van der Waals surface area contributed by atoms with Gasteiger partial charge in [-0.25, -0.2) is 4.98 Å². The molecule has 0 radical (unpaired) electrons. The Labute approximate surface area is 280 Å². The number of phenols is 1. The van der Waals surface area contributed by atoms with Gasteiger partial charge in [-0.1, -0.05) is 100.0 Å². The van der Waals surface area contributed by atoms with Crippen molar-refractivity contribution in [1.29, 1.82) is 0 Å². The summed E-state index contributed by atoms with van der Waals surface area (Å²) in [4.78, 5) is 11.8. The van der Waals surface area contributed by atoms with Gasteiger partial charge in [-0.3, -0.25) is 4.98 Å². The molecule has 0 aliphatic carbocycles. The first kappa shape index (κ1) is 31.9. The number of hydrogen-bond donors (Lipinski definition) is 1. The normalized spacial score (nSPS) is 11.0. The van der Waals surface area contributed by atoms with Crippen molar-refractivity contribution in [2.75, 3.05) is 4.90 Å². The molecule has 0 bridgehead atoms. The molecule has 45 heavy (non-hydrogen) atoms. The molecule has 6 rings (SSSR count). The standard InChI is InChI=1S/C40H36N3O.Pt/c1-27(2)31-23-32(28(3)4)26-34(25-31)43(39-21-12-20-38(42-39)37-19-8-9-22-41-37)33-16-10-15-30(24-33)36-18-11-17-35(40(36)44)29-13-6-5-7-14-29;/h5-23,25-28,44H,1-4H3;/q-1;. The fourth-order valence-electron chi connectivity index (χ4n) is 5.41. The van der Waals surface area contributed by atoms with Gasteiger partial charge in [-0.05, 0) is 70.6 Å². The van der Waals surface area contributed by atoms with Crippen LogP contribution in [0.3, 0.4) is 0 Å². The average Bonchev–Trinajstić information content (AvgIpc) is 3.06. The predicted octanol–water partition coefficient (Wildman–Crippen LogP) is 10.7. The Balaban J connectivity index is 0.00000400. The van der Waals surface area contributed by atoms with Crippen LogP contribution < -0.4 is 4.90 Å². The topological polar surface area (TPSA) is 49.2 Å². The van der Waals surface area contributed by atoms with E-state index in [4.69, 9.17) is 4.98 Å². The molecule has 6 aromatic rings. The van der Waals surface area contributed by atoms with Crippen molar-refractivity contribution in [2.24, 2.45) is 0 Å². The summed E-state index contributed by atoms with van der Waals surface area (Å²) in [5.74, 6) is 1.71. The van der Waals surface area contributed by atoms with Crippen LogP contribution in [0, 0.1) is 6.07 Å². The SMILES string of the molecule is CC(C)c1cc(C(C)C)cc(N(c2[c-]c(-c3cccc(-c4ccccc4)c3O)ccc2)c2cccc(-c3ccccn3)n2)c1.[Pt]. The Hall–Kier alpha value is -4.53. The largest absolute Gasteiger partial charge is 0.516 e. The Kier molecular flexibility index (Phi) is 9.96. The summed E-state index contributed by atoms with van der Waals surface area (Å²) < 4.78 is 0. The van der Waals surface area contributed by atoms with Gasteiger partial charge in [0, 0.05) is 38.5 Å². The molecular weight excluding hydrogens is 734 g/mol. The van der Waals surface area contributed by atoms with Crippen LogP contribution in [0.1, 0.15) is 50.7 Å². The third kappa shape index (κ3) is 6.92. The summed E-state index contributed by atoms with van der Waals surface area (Å²) in [6.07, 6.45) is 1.79. The number of hydrogen-bond acceptors (Lipinski definition) is 4. The maximum absolute atomic E-state index is 11.5. The molecule has 0 aliphatic heterocycles. The zero-order valence-corrected chi connectivity index (χ0v) is 28.2. The summed E-state index contributed by atoms with van der Waals surface area (Å²) in [6.45, 7) is 8.90. The fourth-order valence-corrected chi connectivity index (χ4v) is 5.41. The van der Waals surface area contributed by atoms with Crippen LogP contribution >= 0.6 is 0 Å². The van der Waals surface area contributed by atoms with Crippen molar-refractivity contribution < 1.29 is 26.2 Å². The second kappa shape index (κ2) is 14.1. The number of aromatic hydroxyl groups is 1. The smallest absolute Gasteiger partial charge is 0.136 e. The second-order valence-corrected chi connectivity index (χ2v) is 11.6. The molecule has 4 nitrogen and oxygen atoms in total. The molecule has 0 amide bonds. The zero-order chi connectivity index (χ0) is 30.6. The first-order valence-corrected chi connectivity index (χ1v) is 15.1. The molecule has 2 heterocycles. The van der Waals surface area contributed by atoms with Crippen LogP contribution in [0.4, 0.5) is 17.2 Å². The molecule has 0 atom stereocenters. The van der Waals surface area contributed by atoms with Crippen molar-refractivity contribution in [2.45, 2.75) is 39.5 Å². The molecule has 5 heteroatoms. The summed E-state index contributed by atoms with van der Waals surface area (Å²) in [7, 11) is 0. The monoisotopic (exact) mass is 769 g/mol. The molecule has 0 aliphatic rings. The van der Waals surface area contributed by atoms with Crippen molar-refractivity contribution >= 4 is 17.2 Å². The van der Waals surface area contributed by atoms with Crippen molar-refractivity contribution in [3.05, 3.63) is 145 Å². The third-order valence-electron chi connectivity index (χ3n) is 7.88. The molecule has 2 aromatic heterocycles. The van der Waals surface area contributed by atoms with Crippen LogP contribution in [0.2, 0.25) is 0 Å². The van der Waals surface area contributed by atoms with E-state index in [2.05, 4.69) is 61.8 Å². The van der Waals surface area contributed by atoms with Gasteiger partial charge in [0.05, 0.1) is 17.1 Å². The van der Waals surface area contributed by atoms with E-state index in [9.17, 15) is 5.11 Å². The second-order valence-electron chi connectivity index (χ2n) is 11.6. The average molecular weight is 770 g/mol. The van der Waals surface area contributed by atoms with Crippen LogP contribution in [0.25, 0.3) is 33.6 Å². The van der Waals surface area contributed by atoms with Gasteiger partial charge in [-0.15, -0.1) is 29.8 Å². The van der Waals surface area contributed by atoms with E-state index in [0.717, 1.165) is 50.8 Å². The quantitative estimate of drug-likeness (QED) is 0.157. The number of anilines is 3. The summed E-state index contributed by atoms with van der Waals surface area (Å²) in [5.41, 5.74) is 9.25. The van der Waals surface area contributed by atoms with E-state index in [0.29, 0.717) is 11.8 Å². The molecule has 1 N–H and O–H groups in total. The summed E-state index contributed by atoms with van der Waals surface area (Å²) >= 11 is 0. The van der Waals surface area contributed by atoms with Crippen molar-refractivity contribution in [3.8, 4) is 39.4 Å². The molecule has 228 valence electrons. The minimum atomic E-state index is 0. The minimum absolute atomic E-state index is 0. The van der Waals surface area contributed by atoms with Crippen LogP contribution in [0.15, 0.2) is 128 Å². The van der Waals surface area contributed by atoms with Gasteiger partial charge in [0.2, 0.25) is 0 Å². The van der Waals surface area contributed by atoms with Gasteiger partial charge in [0.25, 0.3) is 0 Å². The fraction of sp³-hybridized carbons (Fsp3) is 0.150. The molecule has 0 saturated heterocycles. The van der Waals surface area contributed by atoms with E-state index in [1.54, 1.807) is 6.20 Å². The number of rotatable bonds is 8. The minimum Gasteiger partial charge on any atom is -0.516 e. The zero-order valence-electron chi connectivity index (χ0n) is 25.9. The maximum Gasteiger partial charge on any atom is 0.136 e. The van der Waals surface area contributed by atoms with Crippen LogP contribution in [-0.4, -0.2) is 15.1 Å².